The molecule has 2 saturated heterocycles. The first-order chi connectivity index (χ1) is 12.7. The summed E-state index contributed by atoms with van der Waals surface area (Å²) in [5.41, 5.74) is 0.975. The SMILES string of the molecule is CCNC(=NCCc1c(Cl)cccc1Cl)N1CCC(N2CCOCC2)C1. The molecule has 1 unspecified atom stereocenters. The summed E-state index contributed by atoms with van der Waals surface area (Å²) in [6.45, 7) is 9.49. The van der Waals surface area contributed by atoms with Gasteiger partial charge in [0.15, 0.2) is 5.96 Å². The van der Waals surface area contributed by atoms with Gasteiger partial charge in [0.2, 0.25) is 0 Å². The van der Waals surface area contributed by atoms with Crippen LogP contribution in [0.2, 0.25) is 10.0 Å². The van der Waals surface area contributed by atoms with Crippen molar-refractivity contribution in [1.29, 1.82) is 0 Å². The van der Waals surface area contributed by atoms with Gasteiger partial charge in [-0.05, 0) is 37.5 Å². The molecule has 1 aromatic carbocycles. The highest BCUT2D eigenvalue weighted by molar-refractivity contribution is 6.35. The molecule has 2 aliphatic heterocycles. The summed E-state index contributed by atoms with van der Waals surface area (Å²) in [4.78, 5) is 9.75. The van der Waals surface area contributed by atoms with Crippen molar-refractivity contribution < 1.29 is 4.74 Å². The van der Waals surface area contributed by atoms with Crippen LogP contribution in [0, 0.1) is 0 Å². The first-order valence-corrected chi connectivity index (χ1v) is 10.2. The van der Waals surface area contributed by atoms with Gasteiger partial charge in [0, 0.05) is 55.4 Å². The molecule has 2 aliphatic rings. The minimum Gasteiger partial charge on any atom is -0.379 e. The third kappa shape index (κ3) is 5.03. The lowest BCUT2D eigenvalue weighted by Crippen LogP contribution is -2.46. The summed E-state index contributed by atoms with van der Waals surface area (Å²) < 4.78 is 5.47. The Hall–Kier alpha value is -1.01. The smallest absolute Gasteiger partial charge is 0.193 e. The van der Waals surface area contributed by atoms with Crippen LogP contribution in [-0.2, 0) is 11.2 Å². The highest BCUT2D eigenvalue weighted by atomic mass is 35.5. The van der Waals surface area contributed by atoms with E-state index < -0.39 is 0 Å². The molecular formula is C19H28Cl2N4O. The fraction of sp³-hybridized carbons (Fsp3) is 0.632. The molecule has 7 heteroatoms. The minimum atomic E-state index is 0.598. The molecule has 0 saturated carbocycles. The molecule has 26 heavy (non-hydrogen) atoms. The zero-order valence-electron chi connectivity index (χ0n) is 15.4. The van der Waals surface area contributed by atoms with Gasteiger partial charge in [0.1, 0.15) is 0 Å². The van der Waals surface area contributed by atoms with Crippen molar-refractivity contribution in [2.45, 2.75) is 25.8 Å². The topological polar surface area (TPSA) is 40.1 Å². The summed E-state index contributed by atoms with van der Waals surface area (Å²) in [5.74, 6) is 0.992. The van der Waals surface area contributed by atoms with Gasteiger partial charge in [-0.1, -0.05) is 29.3 Å². The molecule has 5 nitrogen and oxygen atoms in total. The zero-order chi connectivity index (χ0) is 18.4. The van der Waals surface area contributed by atoms with Gasteiger partial charge in [-0.25, -0.2) is 0 Å². The Morgan fingerprint density at radius 1 is 1.23 bits per heavy atom. The lowest BCUT2D eigenvalue weighted by atomic mass is 10.1. The first-order valence-electron chi connectivity index (χ1n) is 9.47. The van der Waals surface area contributed by atoms with E-state index in [1.54, 1.807) is 0 Å². The van der Waals surface area contributed by atoms with Crippen molar-refractivity contribution in [2.75, 3.05) is 52.5 Å². The number of halogens is 2. The van der Waals surface area contributed by atoms with Crippen LogP contribution in [0.15, 0.2) is 23.2 Å². The van der Waals surface area contributed by atoms with E-state index in [1.165, 1.54) is 6.42 Å². The molecule has 2 heterocycles. The van der Waals surface area contributed by atoms with Crippen LogP contribution in [0.1, 0.15) is 18.9 Å². The molecule has 0 bridgehead atoms. The number of ether oxygens (including phenoxy) is 1. The fourth-order valence-electron chi connectivity index (χ4n) is 3.65. The van der Waals surface area contributed by atoms with Crippen LogP contribution < -0.4 is 5.32 Å². The van der Waals surface area contributed by atoms with E-state index in [9.17, 15) is 0 Å². The third-order valence-corrected chi connectivity index (χ3v) is 5.75. The van der Waals surface area contributed by atoms with E-state index >= 15 is 0 Å². The van der Waals surface area contributed by atoms with Crippen LogP contribution >= 0.6 is 23.2 Å². The number of hydrogen-bond acceptors (Lipinski definition) is 3. The van der Waals surface area contributed by atoms with E-state index in [4.69, 9.17) is 32.9 Å². The Balaban J connectivity index is 1.59. The molecule has 0 amide bonds. The summed E-state index contributed by atoms with van der Waals surface area (Å²) in [7, 11) is 0. The van der Waals surface area contributed by atoms with Gasteiger partial charge in [0.05, 0.1) is 13.2 Å². The molecule has 144 valence electrons. The number of nitrogens with zero attached hydrogens (tertiary/aromatic N) is 3. The van der Waals surface area contributed by atoms with Crippen molar-refractivity contribution in [3.05, 3.63) is 33.8 Å². The summed E-state index contributed by atoms with van der Waals surface area (Å²) in [5, 5.41) is 4.86. The van der Waals surface area contributed by atoms with Crippen molar-refractivity contribution in [2.24, 2.45) is 4.99 Å². The fourth-order valence-corrected chi connectivity index (χ4v) is 4.23. The van der Waals surface area contributed by atoms with Gasteiger partial charge >= 0.3 is 0 Å². The number of morpholine rings is 1. The number of aliphatic imine (C=N–C) groups is 1. The minimum absolute atomic E-state index is 0.598. The molecule has 1 aromatic rings. The maximum absolute atomic E-state index is 6.26. The van der Waals surface area contributed by atoms with E-state index in [-0.39, 0.29) is 0 Å². The van der Waals surface area contributed by atoms with Crippen LogP contribution in [0.3, 0.4) is 0 Å². The number of benzene rings is 1. The second kappa shape index (κ2) is 9.79. The monoisotopic (exact) mass is 398 g/mol. The summed E-state index contributed by atoms with van der Waals surface area (Å²) in [6, 6.07) is 6.23. The second-order valence-electron chi connectivity index (χ2n) is 6.72. The average molecular weight is 399 g/mol. The number of rotatable bonds is 5. The Morgan fingerprint density at radius 2 is 1.96 bits per heavy atom. The van der Waals surface area contributed by atoms with Crippen LogP contribution in [0.5, 0.6) is 0 Å². The Morgan fingerprint density at radius 3 is 2.65 bits per heavy atom. The summed E-state index contributed by atoms with van der Waals surface area (Å²) >= 11 is 12.5. The molecule has 1 N–H and O–H groups in total. The van der Waals surface area contributed by atoms with Crippen LogP contribution in [0.4, 0.5) is 0 Å². The Labute approximate surface area is 166 Å². The van der Waals surface area contributed by atoms with E-state index in [0.717, 1.165) is 63.9 Å². The normalized spacial score (nSPS) is 22.0. The van der Waals surface area contributed by atoms with E-state index in [2.05, 4.69) is 22.0 Å². The van der Waals surface area contributed by atoms with Crippen molar-refractivity contribution >= 4 is 29.2 Å². The molecule has 1 atom stereocenters. The molecule has 0 aromatic heterocycles. The molecular weight excluding hydrogens is 371 g/mol. The lowest BCUT2D eigenvalue weighted by Gasteiger charge is -2.32. The Bertz CT molecular complexity index is 599. The van der Waals surface area contributed by atoms with Gasteiger partial charge in [-0.15, -0.1) is 0 Å². The van der Waals surface area contributed by atoms with Crippen LogP contribution in [0.25, 0.3) is 0 Å². The summed E-state index contributed by atoms with van der Waals surface area (Å²) in [6.07, 6.45) is 1.93. The van der Waals surface area contributed by atoms with Crippen molar-refractivity contribution in [3.8, 4) is 0 Å². The second-order valence-corrected chi connectivity index (χ2v) is 7.54. The number of nitrogens with one attached hydrogen (secondary N) is 1. The highest BCUT2D eigenvalue weighted by Gasteiger charge is 2.30. The zero-order valence-corrected chi connectivity index (χ0v) is 16.9. The standard InChI is InChI=1S/C19H28Cl2N4O/c1-2-22-19(23-8-6-16-17(20)4-3-5-18(16)21)25-9-7-15(14-25)24-10-12-26-13-11-24/h3-5,15H,2,6-14H2,1H3,(H,22,23). The molecule has 0 aliphatic carbocycles. The van der Waals surface area contributed by atoms with E-state index in [0.29, 0.717) is 22.6 Å². The van der Waals surface area contributed by atoms with Gasteiger partial charge in [-0.2, -0.15) is 0 Å². The number of likely N-dealkylation sites (tertiary alicyclic amines) is 1. The molecule has 2 fully saturated rings. The van der Waals surface area contributed by atoms with Crippen LogP contribution in [-0.4, -0.2) is 74.3 Å². The maximum Gasteiger partial charge on any atom is 0.193 e. The third-order valence-electron chi connectivity index (χ3n) is 5.04. The number of guanidine groups is 1. The van der Waals surface area contributed by atoms with Crippen molar-refractivity contribution in [1.82, 2.24) is 15.1 Å². The number of hydrogen-bond donors (Lipinski definition) is 1. The largest absolute Gasteiger partial charge is 0.379 e. The predicted octanol–water partition coefficient (Wildman–Crippen LogP) is 2.91. The molecule has 3 rings (SSSR count). The molecule has 0 radical (unpaired) electrons. The van der Waals surface area contributed by atoms with Gasteiger partial charge in [-0.3, -0.25) is 9.89 Å². The molecule has 0 spiro atoms. The average Bonchev–Trinajstić information content (AvgIpc) is 3.14. The predicted molar refractivity (Wildman–Crippen MR) is 109 cm³/mol. The lowest BCUT2D eigenvalue weighted by molar-refractivity contribution is 0.0195. The van der Waals surface area contributed by atoms with E-state index in [1.807, 2.05) is 18.2 Å². The maximum atomic E-state index is 6.26. The first kappa shape index (κ1) is 19.7. The van der Waals surface area contributed by atoms with Gasteiger partial charge in [0.25, 0.3) is 0 Å². The Kier molecular flexibility index (Phi) is 7.43. The highest BCUT2D eigenvalue weighted by Crippen LogP contribution is 2.24. The quantitative estimate of drug-likeness (QED) is 0.611. The van der Waals surface area contributed by atoms with Crippen molar-refractivity contribution in [3.63, 3.8) is 0 Å². The van der Waals surface area contributed by atoms with Gasteiger partial charge < -0.3 is 15.0 Å².